The minimum atomic E-state index is -0.573. The normalized spacial score (nSPS) is 19.2. The molecule has 5 heterocycles. The fourth-order valence-electron chi connectivity index (χ4n) is 4.24. The van der Waals surface area contributed by atoms with Gasteiger partial charge in [0.25, 0.3) is 5.91 Å². The number of carbonyl (C=O) groups is 1. The summed E-state index contributed by atoms with van der Waals surface area (Å²) in [5.41, 5.74) is 8.65. The van der Waals surface area contributed by atoms with E-state index in [2.05, 4.69) is 26.2 Å². The predicted octanol–water partition coefficient (Wildman–Crippen LogP) is 1.86. The number of pyridine rings is 1. The van der Waals surface area contributed by atoms with Gasteiger partial charge in [-0.3, -0.25) is 4.79 Å². The number of fused-ring (bicyclic) bond motifs is 2. The van der Waals surface area contributed by atoms with Crippen LogP contribution in [0.5, 0.6) is 0 Å². The van der Waals surface area contributed by atoms with Crippen molar-refractivity contribution in [1.82, 2.24) is 24.1 Å². The molecule has 0 aliphatic carbocycles. The molecule has 1 aliphatic heterocycles. The van der Waals surface area contributed by atoms with Gasteiger partial charge in [0.15, 0.2) is 5.65 Å². The molecule has 4 aromatic heterocycles. The van der Waals surface area contributed by atoms with Crippen LogP contribution >= 0.6 is 0 Å². The average Bonchev–Trinajstić information content (AvgIpc) is 3.40. The van der Waals surface area contributed by atoms with Gasteiger partial charge in [-0.15, -0.1) is 0 Å². The summed E-state index contributed by atoms with van der Waals surface area (Å²) in [5, 5.41) is 8.33. The van der Waals surface area contributed by atoms with E-state index in [9.17, 15) is 4.79 Å². The molecule has 1 saturated heterocycles. The molecule has 0 aromatic carbocycles. The Balaban J connectivity index is 1.73. The number of hydrogen-bond acceptors (Lipinski definition) is 7. The van der Waals surface area contributed by atoms with Crippen LogP contribution < -0.4 is 11.1 Å². The third-order valence-corrected chi connectivity index (χ3v) is 5.79. The zero-order chi connectivity index (χ0) is 21.5. The number of nitrogens with zero attached hydrogens (tertiary/aromatic N) is 5. The van der Waals surface area contributed by atoms with Crippen LogP contribution in [-0.2, 0) is 9.47 Å². The lowest BCUT2D eigenvalue weighted by Gasteiger charge is -2.31. The van der Waals surface area contributed by atoms with Crippen molar-refractivity contribution >= 4 is 28.4 Å². The highest BCUT2D eigenvalue weighted by molar-refractivity contribution is 6.00. The fourth-order valence-corrected chi connectivity index (χ4v) is 4.24. The number of amides is 1. The molecule has 1 amide bonds. The first-order valence-electron chi connectivity index (χ1n) is 10.0. The first kappa shape index (κ1) is 19.5. The number of anilines is 1. The molecular weight excluding hydrogens is 398 g/mol. The average molecular weight is 421 g/mol. The van der Waals surface area contributed by atoms with Crippen LogP contribution in [0.25, 0.3) is 27.9 Å². The van der Waals surface area contributed by atoms with Crippen LogP contribution in [0.1, 0.15) is 22.8 Å². The monoisotopic (exact) mass is 421 g/mol. The highest BCUT2D eigenvalue weighted by atomic mass is 16.5. The number of carbonyl (C=O) groups excluding carboxylic acids is 1. The molecule has 10 heteroatoms. The number of aromatic nitrogens is 5. The lowest BCUT2D eigenvalue weighted by atomic mass is 10.1. The second-order valence-corrected chi connectivity index (χ2v) is 7.46. The summed E-state index contributed by atoms with van der Waals surface area (Å²) in [7, 11) is 3.49. The number of nitrogens with one attached hydrogen (secondary N) is 1. The molecule has 0 spiro atoms. The first-order valence-corrected chi connectivity index (χ1v) is 10.0. The highest BCUT2D eigenvalue weighted by Crippen LogP contribution is 2.35. The number of nitrogens with two attached hydrogens (primary N) is 1. The van der Waals surface area contributed by atoms with E-state index in [0.717, 1.165) is 23.0 Å². The minimum Gasteiger partial charge on any atom is -0.379 e. The summed E-state index contributed by atoms with van der Waals surface area (Å²) < 4.78 is 15.0. The van der Waals surface area contributed by atoms with E-state index >= 15 is 0 Å². The maximum atomic E-state index is 11.9. The summed E-state index contributed by atoms with van der Waals surface area (Å²) in [4.78, 5) is 21.3. The molecule has 10 nitrogen and oxygen atoms in total. The van der Waals surface area contributed by atoms with E-state index in [1.165, 1.54) is 6.20 Å². The molecule has 1 aliphatic rings. The van der Waals surface area contributed by atoms with Gasteiger partial charge in [-0.25, -0.2) is 9.97 Å². The van der Waals surface area contributed by atoms with Gasteiger partial charge in [0.05, 0.1) is 24.5 Å². The molecule has 160 valence electrons. The van der Waals surface area contributed by atoms with E-state index in [1.807, 2.05) is 18.2 Å². The lowest BCUT2D eigenvalue weighted by molar-refractivity contribution is -0.0592. The zero-order valence-corrected chi connectivity index (χ0v) is 17.3. The van der Waals surface area contributed by atoms with E-state index in [0.29, 0.717) is 30.4 Å². The van der Waals surface area contributed by atoms with Crippen LogP contribution in [0.2, 0.25) is 0 Å². The Morgan fingerprint density at radius 1 is 1.39 bits per heavy atom. The Morgan fingerprint density at radius 3 is 3.03 bits per heavy atom. The van der Waals surface area contributed by atoms with E-state index in [-0.39, 0.29) is 17.7 Å². The molecule has 0 unspecified atom stereocenters. The fraction of sp³-hybridized carbons (Fsp3) is 0.333. The van der Waals surface area contributed by atoms with Gasteiger partial charge in [0.1, 0.15) is 23.1 Å². The molecule has 0 saturated carbocycles. The van der Waals surface area contributed by atoms with Gasteiger partial charge in [-0.05, 0) is 18.6 Å². The second-order valence-electron chi connectivity index (χ2n) is 7.46. The van der Waals surface area contributed by atoms with Crippen molar-refractivity contribution in [2.24, 2.45) is 5.73 Å². The second kappa shape index (κ2) is 7.64. The summed E-state index contributed by atoms with van der Waals surface area (Å²) in [6.07, 6.45) is 6.02. The van der Waals surface area contributed by atoms with Crippen molar-refractivity contribution in [2.45, 2.75) is 18.6 Å². The van der Waals surface area contributed by atoms with Crippen LogP contribution in [-0.4, -0.2) is 63.5 Å². The van der Waals surface area contributed by atoms with Crippen LogP contribution in [0.3, 0.4) is 0 Å². The molecular formula is C21H23N7O3. The molecule has 1 fully saturated rings. The van der Waals surface area contributed by atoms with Gasteiger partial charge < -0.3 is 25.1 Å². The SMILES string of the molecule is CNc1cc(-c2cn([C@@H]3CCOC[C@@H]3OC)c3ncccc23)nc2c(C(N)=O)cnn12. The summed E-state index contributed by atoms with van der Waals surface area (Å²) >= 11 is 0. The van der Waals surface area contributed by atoms with Gasteiger partial charge >= 0.3 is 0 Å². The number of primary amides is 1. The number of rotatable bonds is 5. The molecule has 31 heavy (non-hydrogen) atoms. The number of methoxy groups -OCH3 is 1. The standard InChI is InChI=1S/C21H23N7O3/c1-23-18-8-15(26-21-13(19(22)29)9-25-28(18)21)14-10-27(20-12(14)4-3-6-24-20)16-5-7-31-11-17(16)30-2/h3-4,6,8-10,16-17,23H,5,7,11H2,1-2H3,(H2,22,29)/t16-,17+/m1/s1. The third-order valence-electron chi connectivity index (χ3n) is 5.79. The first-order chi connectivity index (χ1) is 15.1. The Kier molecular flexibility index (Phi) is 4.79. The Morgan fingerprint density at radius 2 is 2.26 bits per heavy atom. The van der Waals surface area contributed by atoms with Gasteiger partial charge in [0, 0.05) is 50.2 Å². The van der Waals surface area contributed by atoms with Crippen molar-refractivity contribution in [1.29, 1.82) is 0 Å². The summed E-state index contributed by atoms with van der Waals surface area (Å²) in [6.45, 7) is 1.20. The lowest BCUT2D eigenvalue weighted by Crippen LogP contribution is -2.35. The highest BCUT2D eigenvalue weighted by Gasteiger charge is 2.29. The Bertz CT molecular complexity index is 1280. The van der Waals surface area contributed by atoms with Crippen molar-refractivity contribution < 1.29 is 14.3 Å². The van der Waals surface area contributed by atoms with E-state index in [4.69, 9.17) is 20.2 Å². The molecule has 3 N–H and O–H groups in total. The zero-order valence-electron chi connectivity index (χ0n) is 17.3. The topological polar surface area (TPSA) is 122 Å². The van der Waals surface area contributed by atoms with Crippen LogP contribution in [0.4, 0.5) is 5.82 Å². The van der Waals surface area contributed by atoms with Crippen molar-refractivity contribution in [2.75, 3.05) is 32.7 Å². The predicted molar refractivity (Wildman–Crippen MR) is 115 cm³/mol. The minimum absolute atomic E-state index is 0.0705. The van der Waals surface area contributed by atoms with Crippen molar-refractivity contribution in [3.05, 3.63) is 42.4 Å². The molecule has 2 atom stereocenters. The maximum Gasteiger partial charge on any atom is 0.254 e. The van der Waals surface area contributed by atoms with Crippen LogP contribution in [0.15, 0.2) is 36.8 Å². The van der Waals surface area contributed by atoms with Gasteiger partial charge in [0.2, 0.25) is 0 Å². The number of ether oxygens (including phenoxy) is 2. The van der Waals surface area contributed by atoms with Crippen molar-refractivity contribution in [3.63, 3.8) is 0 Å². The summed E-state index contributed by atoms with van der Waals surface area (Å²) in [6, 6.07) is 5.91. The maximum absolute atomic E-state index is 11.9. The third kappa shape index (κ3) is 3.11. The molecule has 4 aromatic rings. The van der Waals surface area contributed by atoms with Crippen molar-refractivity contribution in [3.8, 4) is 11.3 Å². The smallest absolute Gasteiger partial charge is 0.254 e. The Hall–Kier alpha value is -3.50. The summed E-state index contributed by atoms with van der Waals surface area (Å²) in [5.74, 6) is 0.120. The largest absolute Gasteiger partial charge is 0.379 e. The Labute approximate surface area is 178 Å². The molecule has 0 bridgehead atoms. The van der Waals surface area contributed by atoms with E-state index in [1.54, 1.807) is 24.9 Å². The molecule has 0 radical (unpaired) electrons. The van der Waals surface area contributed by atoms with Gasteiger partial charge in [-0.1, -0.05) is 0 Å². The molecule has 5 rings (SSSR count). The number of hydrogen-bond donors (Lipinski definition) is 2. The van der Waals surface area contributed by atoms with Gasteiger partial charge in [-0.2, -0.15) is 9.61 Å². The van der Waals surface area contributed by atoms with Crippen LogP contribution in [0, 0.1) is 0 Å². The van der Waals surface area contributed by atoms with E-state index < -0.39 is 5.91 Å². The quantitative estimate of drug-likeness (QED) is 0.504.